The van der Waals surface area contributed by atoms with Crippen molar-refractivity contribution in [3.05, 3.63) is 0 Å². The molecular weight excluding hydrogens is 736 g/mol. The monoisotopic (exact) mass is 815 g/mol. The molecule has 0 heterocycles. The van der Waals surface area contributed by atoms with E-state index in [0.717, 1.165) is 12.8 Å². The van der Waals surface area contributed by atoms with Crippen LogP contribution in [0.1, 0.15) is 77.6 Å². The van der Waals surface area contributed by atoms with Gasteiger partial charge in [0.1, 0.15) is 6.61 Å². The number of methoxy groups -OCH3 is 1. The Hall–Kier alpha value is -1.54. The smallest absolute Gasteiger partial charge is 0.307 e. The first-order valence-electron chi connectivity index (χ1n) is 20.9. The number of carbonyl (C=O) groups excluding carboxylic acids is 2. The van der Waals surface area contributed by atoms with Gasteiger partial charge in [-0.15, -0.1) is 0 Å². The van der Waals surface area contributed by atoms with Crippen LogP contribution in [0.4, 0.5) is 0 Å². The van der Waals surface area contributed by atoms with Gasteiger partial charge in [0.15, 0.2) is 0 Å². The second kappa shape index (κ2) is 49.6. The molecule has 56 heavy (non-hydrogen) atoms. The zero-order valence-electron chi connectivity index (χ0n) is 35.0. The lowest BCUT2D eigenvalue weighted by Gasteiger charge is -2.09. The van der Waals surface area contributed by atoms with E-state index < -0.39 is 0 Å². The van der Waals surface area contributed by atoms with E-state index in [1.54, 1.807) is 0 Å². The van der Waals surface area contributed by atoms with Crippen molar-refractivity contribution in [2.75, 3.05) is 172 Å². The summed E-state index contributed by atoms with van der Waals surface area (Å²) in [6.45, 7) is 13.7. The fourth-order valence-electron chi connectivity index (χ4n) is 4.65. The summed E-state index contributed by atoms with van der Waals surface area (Å²) in [4.78, 5) is 22.7. The van der Waals surface area contributed by atoms with Crippen LogP contribution < -0.4 is 0 Å². The third kappa shape index (κ3) is 48.6. The van der Waals surface area contributed by atoms with Gasteiger partial charge in [0.2, 0.25) is 0 Å². The average molecular weight is 815 g/mol. The van der Waals surface area contributed by atoms with E-state index in [1.807, 2.05) is 0 Å². The van der Waals surface area contributed by atoms with Crippen LogP contribution in [-0.4, -0.2) is 184 Å². The molecule has 0 saturated carbocycles. The molecule has 334 valence electrons. The molecule has 16 nitrogen and oxygen atoms in total. The summed E-state index contributed by atoms with van der Waals surface area (Å²) in [6, 6.07) is 0. The Morgan fingerprint density at radius 2 is 0.536 bits per heavy atom. The largest absolute Gasteiger partial charge is 0.469 e. The average Bonchev–Trinajstić information content (AvgIpc) is 3.20. The van der Waals surface area contributed by atoms with Gasteiger partial charge >= 0.3 is 11.9 Å². The van der Waals surface area contributed by atoms with Crippen LogP contribution in [0, 0.1) is 0 Å². The predicted molar refractivity (Wildman–Crippen MR) is 209 cm³/mol. The first kappa shape index (κ1) is 54.5. The van der Waals surface area contributed by atoms with E-state index in [1.165, 1.54) is 52.1 Å². The summed E-state index contributed by atoms with van der Waals surface area (Å²) < 4.78 is 75.1. The Labute approximate surface area is 337 Å². The second-order valence-corrected chi connectivity index (χ2v) is 12.5. The first-order chi connectivity index (χ1) is 27.7. The number of esters is 2. The summed E-state index contributed by atoms with van der Waals surface area (Å²) in [5.74, 6) is -0.429. The third-order valence-electron chi connectivity index (χ3n) is 7.75. The zero-order valence-corrected chi connectivity index (χ0v) is 35.0. The molecule has 0 spiro atoms. The molecule has 0 radical (unpaired) electrons. The molecule has 0 aromatic carbocycles. The van der Waals surface area contributed by atoms with E-state index in [2.05, 4.69) is 11.7 Å². The predicted octanol–water partition coefficient (Wildman–Crippen LogP) is 4.21. The highest BCUT2D eigenvalue weighted by molar-refractivity contribution is 5.69. The van der Waals surface area contributed by atoms with Crippen molar-refractivity contribution in [1.29, 1.82) is 0 Å². The fraction of sp³-hybridized carbons (Fsp3) is 0.950. The molecule has 0 atom stereocenters. The Morgan fingerprint density at radius 1 is 0.286 bits per heavy atom. The molecule has 0 fully saturated rings. The molecule has 0 saturated heterocycles. The first-order valence-corrected chi connectivity index (χ1v) is 20.9. The summed E-state index contributed by atoms with van der Waals surface area (Å²) in [6.07, 6.45) is 11.8. The molecule has 0 aromatic heterocycles. The van der Waals surface area contributed by atoms with Crippen LogP contribution in [0.2, 0.25) is 0 Å². The molecule has 16 heteroatoms. The van der Waals surface area contributed by atoms with Gasteiger partial charge in [-0.1, -0.05) is 58.3 Å². The number of unbranched alkanes of at least 4 members (excludes halogenated alkanes) is 8. The van der Waals surface area contributed by atoms with E-state index in [0.29, 0.717) is 165 Å². The molecule has 0 aromatic rings. The Morgan fingerprint density at radius 3 is 0.821 bits per heavy atom. The standard InChI is InChI=1S/C40H78O16/c1-3-4-5-6-7-8-9-10-11-12-40(42)56-38-37-55-36-35-54-34-33-53-32-31-52-30-29-51-28-27-50-26-25-49-24-23-48-22-21-47-20-19-46-18-17-45-16-15-44-14-13-39(41)43-2/h3-38H2,1-2H3. The number of carbonyl (C=O) groups is 2. The minimum atomic E-state index is -0.288. The van der Waals surface area contributed by atoms with Gasteiger partial charge in [0.25, 0.3) is 0 Å². The Kier molecular flexibility index (Phi) is 48.2. The third-order valence-corrected chi connectivity index (χ3v) is 7.75. The maximum Gasteiger partial charge on any atom is 0.307 e. The SMILES string of the molecule is CCCCCCCCCCCC(=O)OCCOCCOCCOCCOCCOCCOCCOCCOCCOCCOCCOCCOCCC(=O)OC. The van der Waals surface area contributed by atoms with Crippen molar-refractivity contribution in [3.63, 3.8) is 0 Å². The summed E-state index contributed by atoms with van der Waals surface area (Å²) in [5, 5.41) is 0. The summed E-state index contributed by atoms with van der Waals surface area (Å²) >= 11 is 0. The molecule has 0 aliphatic heterocycles. The Balaban J connectivity index is 3.11. The highest BCUT2D eigenvalue weighted by Crippen LogP contribution is 2.10. The van der Waals surface area contributed by atoms with Crippen molar-refractivity contribution in [2.45, 2.75) is 77.6 Å². The van der Waals surface area contributed by atoms with Crippen molar-refractivity contribution in [2.24, 2.45) is 0 Å². The lowest BCUT2D eigenvalue weighted by atomic mass is 10.1. The van der Waals surface area contributed by atoms with Crippen LogP contribution in [0.3, 0.4) is 0 Å². The maximum absolute atomic E-state index is 11.8. The minimum Gasteiger partial charge on any atom is -0.469 e. The topological polar surface area (TPSA) is 163 Å². The van der Waals surface area contributed by atoms with E-state index in [-0.39, 0.29) is 25.0 Å². The molecule has 0 unspecified atom stereocenters. The van der Waals surface area contributed by atoms with Crippen LogP contribution in [0.15, 0.2) is 0 Å². The zero-order chi connectivity index (χ0) is 40.5. The van der Waals surface area contributed by atoms with E-state index >= 15 is 0 Å². The van der Waals surface area contributed by atoms with Crippen LogP contribution in [0.25, 0.3) is 0 Å². The second-order valence-electron chi connectivity index (χ2n) is 12.5. The van der Waals surface area contributed by atoms with Crippen LogP contribution >= 0.6 is 0 Å². The van der Waals surface area contributed by atoms with Crippen molar-refractivity contribution < 1.29 is 75.9 Å². The molecule has 0 bridgehead atoms. The van der Waals surface area contributed by atoms with E-state index in [9.17, 15) is 9.59 Å². The quantitative estimate of drug-likeness (QED) is 0.0634. The molecule has 0 rings (SSSR count). The summed E-state index contributed by atoms with van der Waals surface area (Å²) in [5.41, 5.74) is 0. The molecular formula is C40H78O16. The molecule has 0 aliphatic rings. The van der Waals surface area contributed by atoms with Gasteiger partial charge in [-0.3, -0.25) is 9.59 Å². The van der Waals surface area contributed by atoms with Gasteiger partial charge in [0, 0.05) is 6.42 Å². The van der Waals surface area contributed by atoms with Crippen LogP contribution in [0.5, 0.6) is 0 Å². The lowest BCUT2D eigenvalue weighted by molar-refractivity contribution is -0.145. The van der Waals surface area contributed by atoms with Crippen LogP contribution in [-0.2, 0) is 75.9 Å². The van der Waals surface area contributed by atoms with Crippen molar-refractivity contribution >= 4 is 11.9 Å². The highest BCUT2D eigenvalue weighted by Gasteiger charge is 2.03. The number of hydrogen-bond acceptors (Lipinski definition) is 16. The minimum absolute atomic E-state index is 0.141. The molecule has 0 N–H and O–H groups in total. The molecule has 0 amide bonds. The number of rotatable bonds is 49. The highest BCUT2D eigenvalue weighted by atomic mass is 16.6. The van der Waals surface area contributed by atoms with E-state index in [4.69, 9.17) is 61.6 Å². The summed E-state index contributed by atoms with van der Waals surface area (Å²) in [7, 11) is 1.35. The van der Waals surface area contributed by atoms with Crippen molar-refractivity contribution in [3.8, 4) is 0 Å². The van der Waals surface area contributed by atoms with Crippen molar-refractivity contribution in [1.82, 2.24) is 0 Å². The lowest BCUT2D eigenvalue weighted by Crippen LogP contribution is -2.16. The van der Waals surface area contributed by atoms with Gasteiger partial charge < -0.3 is 66.3 Å². The number of hydrogen-bond donors (Lipinski definition) is 0. The molecule has 0 aliphatic carbocycles. The fourth-order valence-corrected chi connectivity index (χ4v) is 4.65. The van der Waals surface area contributed by atoms with Gasteiger partial charge in [-0.2, -0.15) is 0 Å². The van der Waals surface area contributed by atoms with Gasteiger partial charge in [-0.25, -0.2) is 0 Å². The Bertz CT molecular complexity index is 779. The maximum atomic E-state index is 11.8. The van der Waals surface area contributed by atoms with Gasteiger partial charge in [0.05, 0.1) is 172 Å². The normalized spacial score (nSPS) is 11.4. The number of ether oxygens (including phenoxy) is 14. The van der Waals surface area contributed by atoms with Gasteiger partial charge in [-0.05, 0) is 6.42 Å².